The third kappa shape index (κ3) is 2.81. The van der Waals surface area contributed by atoms with E-state index < -0.39 is 17.0 Å². The van der Waals surface area contributed by atoms with Crippen LogP contribution in [0, 0.1) is 5.82 Å². The minimum Gasteiger partial charge on any atom is -0.549 e. The zero-order chi connectivity index (χ0) is 13.1. The molecule has 1 aromatic rings. The number of carboxylic acids is 1. The van der Waals surface area contributed by atoms with Crippen molar-refractivity contribution in [3.05, 3.63) is 35.6 Å². The summed E-state index contributed by atoms with van der Waals surface area (Å²) in [5.41, 5.74) is 0.361. The summed E-state index contributed by atoms with van der Waals surface area (Å²) in [5.74, 6) is -1.28. The van der Waals surface area contributed by atoms with Crippen LogP contribution in [0.1, 0.15) is 10.4 Å². The van der Waals surface area contributed by atoms with Gasteiger partial charge in [0, 0.05) is 24.4 Å². The van der Waals surface area contributed by atoms with E-state index in [9.17, 15) is 19.1 Å². The predicted molar refractivity (Wildman–Crippen MR) is 63.6 cm³/mol. The lowest BCUT2D eigenvalue weighted by atomic mass is 10.2. The van der Waals surface area contributed by atoms with Gasteiger partial charge in [-0.2, -0.15) is 0 Å². The van der Waals surface area contributed by atoms with Crippen molar-refractivity contribution in [1.29, 1.82) is 0 Å². The van der Waals surface area contributed by atoms with Gasteiger partial charge < -0.3 is 14.8 Å². The van der Waals surface area contributed by atoms with Crippen molar-refractivity contribution in [3.63, 3.8) is 0 Å². The number of hydrogen-bond acceptors (Lipinski definition) is 4. The fourth-order valence-corrected chi connectivity index (χ4v) is 2.78. The molecule has 18 heavy (non-hydrogen) atoms. The largest absolute Gasteiger partial charge is 0.549 e. The molecule has 4 nitrogen and oxygen atoms in total. The molecular formula is C12H11FNO3S-. The molecule has 0 spiro atoms. The Morgan fingerprint density at radius 3 is 2.61 bits per heavy atom. The molecule has 1 heterocycles. The standard InChI is InChI=1S/C12H12FNO3S/c13-9-3-1-8(2-4-9)11(15)14-5-6-18-10(7-14)12(16)17/h1-4,10H,5-7H2,(H,16,17)/p-1/t10-/m1/s1. The van der Waals surface area contributed by atoms with E-state index in [2.05, 4.69) is 0 Å². The highest BCUT2D eigenvalue weighted by atomic mass is 32.2. The molecule has 1 amide bonds. The molecule has 1 aliphatic rings. The molecule has 96 valence electrons. The third-order valence-corrected chi connectivity index (χ3v) is 3.87. The summed E-state index contributed by atoms with van der Waals surface area (Å²) < 4.78 is 12.7. The van der Waals surface area contributed by atoms with E-state index in [0.29, 0.717) is 17.9 Å². The Morgan fingerprint density at radius 2 is 2.00 bits per heavy atom. The second-order valence-corrected chi connectivity index (χ2v) is 5.25. The van der Waals surface area contributed by atoms with Crippen molar-refractivity contribution in [2.24, 2.45) is 0 Å². The van der Waals surface area contributed by atoms with E-state index >= 15 is 0 Å². The third-order valence-electron chi connectivity index (χ3n) is 2.71. The Bertz CT molecular complexity index is 463. The van der Waals surface area contributed by atoms with Crippen molar-refractivity contribution in [2.75, 3.05) is 18.8 Å². The van der Waals surface area contributed by atoms with Gasteiger partial charge >= 0.3 is 0 Å². The number of carboxylic acid groups (broad SMARTS) is 1. The Hall–Kier alpha value is -1.56. The molecule has 1 aromatic carbocycles. The molecular weight excluding hydrogens is 257 g/mol. The fraction of sp³-hybridized carbons (Fsp3) is 0.333. The van der Waals surface area contributed by atoms with Gasteiger partial charge in [-0.1, -0.05) is 0 Å². The summed E-state index contributed by atoms with van der Waals surface area (Å²) in [6.45, 7) is 0.619. The topological polar surface area (TPSA) is 60.4 Å². The van der Waals surface area contributed by atoms with Crippen LogP contribution >= 0.6 is 11.8 Å². The first-order valence-corrected chi connectivity index (χ1v) is 6.50. The summed E-state index contributed by atoms with van der Waals surface area (Å²) in [7, 11) is 0. The van der Waals surface area contributed by atoms with E-state index in [0.717, 1.165) is 0 Å². The van der Waals surface area contributed by atoms with Crippen molar-refractivity contribution < 1.29 is 19.1 Å². The van der Waals surface area contributed by atoms with Crippen LogP contribution in [0.4, 0.5) is 4.39 Å². The Labute approximate surface area is 108 Å². The summed E-state index contributed by atoms with van der Waals surface area (Å²) in [4.78, 5) is 24.3. The van der Waals surface area contributed by atoms with Gasteiger partial charge in [0.1, 0.15) is 5.82 Å². The smallest absolute Gasteiger partial charge is 0.253 e. The van der Waals surface area contributed by atoms with Crippen LogP contribution in [0.5, 0.6) is 0 Å². The Kier molecular flexibility index (Phi) is 3.86. The molecule has 0 bridgehead atoms. The number of aliphatic carboxylic acids is 1. The molecule has 0 radical (unpaired) electrons. The lowest BCUT2D eigenvalue weighted by Gasteiger charge is -2.32. The number of carbonyl (C=O) groups is 2. The fourth-order valence-electron chi connectivity index (χ4n) is 1.75. The SMILES string of the molecule is O=C([O-])[C@H]1CN(C(=O)c2ccc(F)cc2)CCS1. The summed E-state index contributed by atoms with van der Waals surface area (Å²) in [6.07, 6.45) is 0. The molecule has 0 aliphatic carbocycles. The highest BCUT2D eigenvalue weighted by molar-refractivity contribution is 8.00. The highest BCUT2D eigenvalue weighted by Crippen LogP contribution is 2.20. The summed E-state index contributed by atoms with van der Waals surface area (Å²) in [6, 6.07) is 5.21. The number of thioether (sulfide) groups is 1. The van der Waals surface area contributed by atoms with E-state index in [4.69, 9.17) is 0 Å². The second-order valence-electron chi connectivity index (χ2n) is 3.94. The van der Waals surface area contributed by atoms with Crippen molar-refractivity contribution in [1.82, 2.24) is 4.90 Å². The maximum absolute atomic E-state index is 12.7. The van der Waals surface area contributed by atoms with E-state index in [1.165, 1.54) is 40.9 Å². The number of carbonyl (C=O) groups excluding carboxylic acids is 2. The molecule has 1 atom stereocenters. The van der Waals surface area contributed by atoms with Gasteiger partial charge in [-0.3, -0.25) is 4.79 Å². The predicted octanol–water partition coefficient (Wildman–Crippen LogP) is 0.133. The van der Waals surface area contributed by atoms with Gasteiger partial charge in [0.15, 0.2) is 0 Å². The molecule has 0 N–H and O–H groups in total. The maximum atomic E-state index is 12.7. The van der Waals surface area contributed by atoms with Crippen LogP contribution in [-0.4, -0.2) is 40.9 Å². The Balaban J connectivity index is 2.09. The molecule has 0 saturated carbocycles. The average molecular weight is 268 g/mol. The molecule has 1 fully saturated rings. The zero-order valence-corrected chi connectivity index (χ0v) is 10.3. The number of hydrogen-bond donors (Lipinski definition) is 0. The van der Waals surface area contributed by atoms with E-state index in [1.807, 2.05) is 0 Å². The van der Waals surface area contributed by atoms with Gasteiger partial charge in [0.05, 0.1) is 11.2 Å². The van der Waals surface area contributed by atoms with Crippen LogP contribution in [0.2, 0.25) is 0 Å². The summed E-state index contributed by atoms with van der Waals surface area (Å²) in [5, 5.41) is 10.1. The number of benzene rings is 1. The van der Waals surface area contributed by atoms with Crippen molar-refractivity contribution in [3.8, 4) is 0 Å². The lowest BCUT2D eigenvalue weighted by Crippen LogP contribution is -2.48. The van der Waals surface area contributed by atoms with Gasteiger partial charge in [-0.05, 0) is 24.3 Å². The molecule has 0 aromatic heterocycles. The number of nitrogens with zero attached hydrogens (tertiary/aromatic N) is 1. The first kappa shape index (κ1) is 12.9. The molecule has 1 aliphatic heterocycles. The van der Waals surface area contributed by atoms with Crippen LogP contribution in [-0.2, 0) is 4.79 Å². The molecule has 6 heteroatoms. The zero-order valence-electron chi connectivity index (χ0n) is 9.47. The van der Waals surface area contributed by atoms with Crippen LogP contribution < -0.4 is 5.11 Å². The lowest BCUT2D eigenvalue weighted by molar-refractivity contribution is -0.304. The van der Waals surface area contributed by atoms with Gasteiger partial charge in [0.25, 0.3) is 5.91 Å². The van der Waals surface area contributed by atoms with Crippen molar-refractivity contribution in [2.45, 2.75) is 5.25 Å². The minimum absolute atomic E-state index is 0.128. The quantitative estimate of drug-likeness (QED) is 0.765. The normalized spacial score (nSPS) is 19.6. The average Bonchev–Trinajstić information content (AvgIpc) is 2.39. The van der Waals surface area contributed by atoms with Crippen LogP contribution in [0.15, 0.2) is 24.3 Å². The number of amides is 1. The summed E-state index contributed by atoms with van der Waals surface area (Å²) >= 11 is 1.27. The first-order valence-electron chi connectivity index (χ1n) is 5.45. The second kappa shape index (κ2) is 5.39. The van der Waals surface area contributed by atoms with Crippen LogP contribution in [0.3, 0.4) is 0 Å². The van der Waals surface area contributed by atoms with Gasteiger partial charge in [-0.25, -0.2) is 4.39 Å². The van der Waals surface area contributed by atoms with Crippen LogP contribution in [0.25, 0.3) is 0 Å². The molecule has 0 unspecified atom stereocenters. The number of halogens is 1. The monoisotopic (exact) mass is 268 g/mol. The van der Waals surface area contributed by atoms with E-state index in [1.54, 1.807) is 0 Å². The van der Waals surface area contributed by atoms with E-state index in [-0.39, 0.29) is 12.5 Å². The van der Waals surface area contributed by atoms with Gasteiger partial charge in [-0.15, -0.1) is 11.8 Å². The maximum Gasteiger partial charge on any atom is 0.253 e. The molecule has 2 rings (SSSR count). The number of rotatable bonds is 2. The van der Waals surface area contributed by atoms with Crippen molar-refractivity contribution >= 4 is 23.6 Å². The minimum atomic E-state index is -1.16. The molecule has 1 saturated heterocycles. The highest BCUT2D eigenvalue weighted by Gasteiger charge is 2.25. The Morgan fingerprint density at radius 1 is 1.33 bits per heavy atom. The van der Waals surface area contributed by atoms with Gasteiger partial charge in [0.2, 0.25) is 0 Å². The first-order chi connectivity index (χ1) is 8.58.